The molecule has 2 N–H and O–H groups in total. The molecule has 1 aliphatic heterocycles. The Labute approximate surface area is 259 Å². The third-order valence-electron chi connectivity index (χ3n) is 10.8. The molecule has 0 radical (unpaired) electrons. The predicted molar refractivity (Wildman–Crippen MR) is 187 cm³/mol. The third kappa shape index (κ3) is 2.88. The first-order chi connectivity index (χ1) is 22.1. The Morgan fingerprint density at radius 3 is 2.31 bits per heavy atom. The van der Waals surface area contributed by atoms with Crippen LogP contribution in [0.15, 0.2) is 120 Å². The van der Waals surface area contributed by atoms with E-state index in [9.17, 15) is 0 Å². The molecule has 4 nitrogen and oxygen atoms in total. The van der Waals surface area contributed by atoms with Crippen molar-refractivity contribution in [3.63, 3.8) is 0 Å². The lowest BCUT2D eigenvalue weighted by atomic mass is 9.82. The number of allylic oxidation sites excluding steroid dienone is 2. The quantitative estimate of drug-likeness (QED) is 0.203. The molecule has 3 aromatic heterocycles. The summed E-state index contributed by atoms with van der Waals surface area (Å²) in [4.78, 5) is 0. The van der Waals surface area contributed by atoms with E-state index in [4.69, 9.17) is 4.42 Å². The molecule has 4 heteroatoms. The molecule has 0 saturated carbocycles. The number of para-hydroxylation sites is 1. The highest BCUT2D eigenvalue weighted by Crippen LogP contribution is 2.52. The van der Waals surface area contributed by atoms with Crippen LogP contribution in [0.1, 0.15) is 25.0 Å². The van der Waals surface area contributed by atoms with Crippen LogP contribution >= 0.6 is 0 Å². The van der Waals surface area contributed by atoms with Crippen molar-refractivity contribution >= 4 is 60.6 Å². The van der Waals surface area contributed by atoms with Crippen LogP contribution in [-0.2, 0) is 5.41 Å². The highest BCUT2D eigenvalue weighted by atomic mass is 16.3. The number of fused-ring (bicyclic) bond motifs is 14. The lowest BCUT2D eigenvalue weighted by Crippen LogP contribution is -2.41. The molecule has 0 amide bonds. The van der Waals surface area contributed by atoms with Crippen molar-refractivity contribution in [3.8, 4) is 22.3 Å². The SMILES string of the molecule is CC1(C)c2ccccc2-c2cc(-c3ccc4c(c3)c3c5c(cc6c7c(n4c63)NC3C=CC=CC3N7)oc3ccccc35)ccc21. The zero-order valence-electron chi connectivity index (χ0n) is 25.0. The lowest BCUT2D eigenvalue weighted by Gasteiger charge is -2.33. The summed E-state index contributed by atoms with van der Waals surface area (Å²) >= 11 is 0. The van der Waals surface area contributed by atoms with Gasteiger partial charge in [0.2, 0.25) is 0 Å². The molecule has 2 unspecified atom stereocenters. The summed E-state index contributed by atoms with van der Waals surface area (Å²) < 4.78 is 8.99. The van der Waals surface area contributed by atoms with E-state index < -0.39 is 0 Å². The minimum Gasteiger partial charge on any atom is -0.456 e. The average Bonchev–Trinajstić information content (AvgIpc) is 3.77. The summed E-state index contributed by atoms with van der Waals surface area (Å²) in [6, 6.07) is 34.0. The van der Waals surface area contributed by atoms with Gasteiger partial charge in [-0.3, -0.25) is 4.40 Å². The van der Waals surface area contributed by atoms with Crippen LogP contribution in [-0.4, -0.2) is 16.5 Å². The van der Waals surface area contributed by atoms with Crippen molar-refractivity contribution in [2.75, 3.05) is 10.6 Å². The Kier molecular flexibility index (Phi) is 4.23. The highest BCUT2D eigenvalue weighted by Gasteiger charge is 2.36. The van der Waals surface area contributed by atoms with Crippen LogP contribution in [0.5, 0.6) is 0 Å². The Morgan fingerprint density at radius 2 is 1.40 bits per heavy atom. The van der Waals surface area contributed by atoms with Gasteiger partial charge < -0.3 is 15.1 Å². The molecule has 0 bridgehead atoms. The number of anilines is 2. The van der Waals surface area contributed by atoms with E-state index in [0.29, 0.717) is 0 Å². The number of hydrogen-bond acceptors (Lipinski definition) is 3. The molecule has 11 rings (SSSR count). The van der Waals surface area contributed by atoms with Gasteiger partial charge in [-0.25, -0.2) is 0 Å². The smallest absolute Gasteiger partial charge is 0.136 e. The van der Waals surface area contributed by atoms with Crippen LogP contribution in [0.4, 0.5) is 11.5 Å². The second kappa shape index (κ2) is 7.96. The highest BCUT2D eigenvalue weighted by molar-refractivity contribution is 6.33. The number of benzene rings is 5. The van der Waals surface area contributed by atoms with E-state index in [0.717, 1.165) is 28.1 Å². The van der Waals surface area contributed by atoms with E-state index >= 15 is 0 Å². The average molecular weight is 580 g/mol. The largest absolute Gasteiger partial charge is 0.456 e. The standard InChI is InChI=1S/C41H29N3O/c1-41(2)29-11-5-3-9-24(29)26-19-22(15-17-30(26)41)23-16-18-33-27(20-23)37-36-25-10-4-8-14-34(25)45-35(36)21-28-38-40(44(33)39(28)37)43-32-13-7-6-12-31(32)42-38/h3-21,31-32,42-43H,1-2H3. The normalized spacial score (nSPS) is 19.2. The zero-order chi connectivity index (χ0) is 29.6. The molecule has 0 saturated heterocycles. The maximum atomic E-state index is 6.54. The fraction of sp³-hybridized carbons (Fsp3) is 0.122. The summed E-state index contributed by atoms with van der Waals surface area (Å²) in [6.07, 6.45) is 8.75. The topological polar surface area (TPSA) is 41.6 Å². The zero-order valence-corrected chi connectivity index (χ0v) is 25.0. The maximum Gasteiger partial charge on any atom is 0.136 e. The van der Waals surface area contributed by atoms with Gasteiger partial charge in [0.05, 0.1) is 28.8 Å². The van der Waals surface area contributed by atoms with Gasteiger partial charge >= 0.3 is 0 Å². The molecular formula is C41H29N3O. The van der Waals surface area contributed by atoms with Crippen molar-refractivity contribution < 1.29 is 4.42 Å². The summed E-state index contributed by atoms with van der Waals surface area (Å²) in [5.41, 5.74) is 13.4. The van der Waals surface area contributed by atoms with E-state index in [-0.39, 0.29) is 17.5 Å². The summed E-state index contributed by atoms with van der Waals surface area (Å²) in [6.45, 7) is 4.68. The summed E-state index contributed by atoms with van der Waals surface area (Å²) in [5.74, 6) is 1.12. The molecule has 0 spiro atoms. The Morgan fingerprint density at radius 1 is 0.644 bits per heavy atom. The number of furan rings is 1. The Balaban J connectivity index is 1.22. The van der Waals surface area contributed by atoms with Crippen LogP contribution in [0.2, 0.25) is 0 Å². The molecule has 2 atom stereocenters. The molecule has 2 aliphatic carbocycles. The van der Waals surface area contributed by atoms with E-state index in [2.05, 4.69) is 144 Å². The first kappa shape index (κ1) is 23.9. The molecule has 0 fully saturated rings. The van der Waals surface area contributed by atoms with Crippen molar-refractivity contribution in [2.24, 2.45) is 0 Å². The monoisotopic (exact) mass is 579 g/mol. The molecule has 5 aromatic carbocycles. The van der Waals surface area contributed by atoms with E-state index in [1.807, 2.05) is 0 Å². The van der Waals surface area contributed by atoms with Crippen molar-refractivity contribution in [2.45, 2.75) is 31.3 Å². The van der Waals surface area contributed by atoms with E-state index in [1.54, 1.807) is 0 Å². The number of nitrogens with one attached hydrogen (secondary N) is 2. The first-order valence-corrected chi connectivity index (χ1v) is 15.9. The molecule has 214 valence electrons. The van der Waals surface area contributed by atoms with Gasteiger partial charge in [0, 0.05) is 32.3 Å². The molecule has 45 heavy (non-hydrogen) atoms. The minimum absolute atomic E-state index is 0.00202. The number of aromatic nitrogens is 1. The first-order valence-electron chi connectivity index (χ1n) is 15.9. The second-order valence-electron chi connectivity index (χ2n) is 13.5. The van der Waals surface area contributed by atoms with Crippen molar-refractivity contribution in [1.29, 1.82) is 0 Å². The van der Waals surface area contributed by atoms with Gasteiger partial charge in [-0.15, -0.1) is 0 Å². The Hall–Kier alpha value is -5.48. The van der Waals surface area contributed by atoms with Gasteiger partial charge in [0.1, 0.15) is 17.0 Å². The molecule has 3 aliphatic rings. The van der Waals surface area contributed by atoms with Crippen molar-refractivity contribution in [3.05, 3.63) is 126 Å². The fourth-order valence-corrected chi connectivity index (χ4v) is 8.65. The maximum absolute atomic E-state index is 6.54. The molecule has 8 aromatic rings. The fourth-order valence-electron chi connectivity index (χ4n) is 8.65. The second-order valence-corrected chi connectivity index (χ2v) is 13.5. The minimum atomic E-state index is -0.00202. The number of nitrogens with zero attached hydrogens (tertiary/aromatic N) is 1. The van der Waals surface area contributed by atoms with E-state index in [1.165, 1.54) is 66.0 Å². The van der Waals surface area contributed by atoms with Gasteiger partial charge in [0.15, 0.2) is 0 Å². The third-order valence-corrected chi connectivity index (χ3v) is 10.8. The van der Waals surface area contributed by atoms with Crippen LogP contribution < -0.4 is 10.6 Å². The van der Waals surface area contributed by atoms with Crippen LogP contribution in [0.25, 0.3) is 71.4 Å². The van der Waals surface area contributed by atoms with Crippen LogP contribution in [0.3, 0.4) is 0 Å². The van der Waals surface area contributed by atoms with Gasteiger partial charge in [-0.1, -0.05) is 98.8 Å². The van der Waals surface area contributed by atoms with Crippen molar-refractivity contribution in [1.82, 2.24) is 4.40 Å². The summed E-state index contributed by atoms with van der Waals surface area (Å²) in [5, 5.41) is 13.8. The predicted octanol–water partition coefficient (Wildman–Crippen LogP) is 10.3. The summed E-state index contributed by atoms with van der Waals surface area (Å²) in [7, 11) is 0. The lowest BCUT2D eigenvalue weighted by molar-refractivity contribution is 0.660. The molecular weight excluding hydrogens is 550 g/mol. The van der Waals surface area contributed by atoms with Gasteiger partial charge in [-0.05, 0) is 63.7 Å². The van der Waals surface area contributed by atoms with Gasteiger partial charge in [-0.2, -0.15) is 0 Å². The number of rotatable bonds is 1. The van der Waals surface area contributed by atoms with Crippen LogP contribution in [0, 0.1) is 0 Å². The molecule has 4 heterocycles. The number of hydrogen-bond donors (Lipinski definition) is 2. The Bertz CT molecular complexity index is 2650. The van der Waals surface area contributed by atoms with Gasteiger partial charge in [0.25, 0.3) is 0 Å².